The number of rotatable bonds is 3. The molecular formula is C13H8Na2O5S. The SMILES string of the molecule is O=C([O-])c1ccc(-c2ccc(S(=O)(=O)[O-])cc2)cc1.[Na+].[Na+]. The second kappa shape index (κ2) is 8.45. The summed E-state index contributed by atoms with van der Waals surface area (Å²) in [6.45, 7) is 0. The molecule has 0 aliphatic heterocycles. The molecule has 0 saturated heterocycles. The van der Waals surface area contributed by atoms with Gasteiger partial charge < -0.3 is 14.5 Å². The van der Waals surface area contributed by atoms with Crippen LogP contribution in [0.5, 0.6) is 0 Å². The number of carboxylic acid groups (broad SMARTS) is 1. The Morgan fingerprint density at radius 3 is 1.52 bits per heavy atom. The van der Waals surface area contributed by atoms with E-state index in [-0.39, 0.29) is 69.6 Å². The molecule has 0 saturated carbocycles. The van der Waals surface area contributed by atoms with Crippen molar-refractivity contribution in [2.75, 3.05) is 0 Å². The van der Waals surface area contributed by atoms with E-state index in [1.807, 2.05) is 0 Å². The van der Waals surface area contributed by atoms with Gasteiger partial charge in [0, 0.05) is 0 Å². The van der Waals surface area contributed by atoms with Gasteiger partial charge in [-0.15, -0.1) is 0 Å². The first-order valence-electron chi connectivity index (χ1n) is 5.26. The third-order valence-corrected chi connectivity index (χ3v) is 3.45. The maximum absolute atomic E-state index is 10.8. The van der Waals surface area contributed by atoms with Gasteiger partial charge in [0.15, 0.2) is 0 Å². The summed E-state index contributed by atoms with van der Waals surface area (Å²) in [5, 5.41) is 10.6. The van der Waals surface area contributed by atoms with E-state index >= 15 is 0 Å². The molecule has 2 aromatic rings. The van der Waals surface area contributed by atoms with Crippen LogP contribution in [-0.2, 0) is 10.1 Å². The van der Waals surface area contributed by atoms with Crippen molar-refractivity contribution >= 4 is 16.1 Å². The predicted molar refractivity (Wildman–Crippen MR) is 64.2 cm³/mol. The zero-order valence-corrected chi connectivity index (χ0v) is 16.4. The molecule has 8 heteroatoms. The van der Waals surface area contributed by atoms with Crippen molar-refractivity contribution in [2.24, 2.45) is 0 Å². The van der Waals surface area contributed by atoms with Crippen molar-refractivity contribution in [1.29, 1.82) is 0 Å². The summed E-state index contributed by atoms with van der Waals surface area (Å²) in [5.74, 6) is -1.26. The molecule has 21 heavy (non-hydrogen) atoms. The van der Waals surface area contributed by atoms with Crippen molar-refractivity contribution < 1.29 is 82.0 Å². The van der Waals surface area contributed by atoms with Gasteiger partial charge in [0.05, 0.1) is 10.9 Å². The van der Waals surface area contributed by atoms with Gasteiger partial charge in [0.1, 0.15) is 10.1 Å². The molecule has 98 valence electrons. The number of benzene rings is 2. The van der Waals surface area contributed by atoms with Crippen LogP contribution in [0.25, 0.3) is 11.1 Å². The molecule has 0 heterocycles. The van der Waals surface area contributed by atoms with E-state index in [2.05, 4.69) is 0 Å². The molecular weight excluding hydrogens is 314 g/mol. The Bertz CT molecular complexity index is 709. The molecule has 0 aromatic heterocycles. The van der Waals surface area contributed by atoms with Crippen LogP contribution < -0.4 is 64.2 Å². The molecule has 5 nitrogen and oxygen atoms in total. The molecule has 0 atom stereocenters. The summed E-state index contributed by atoms with van der Waals surface area (Å²) in [6, 6.07) is 11.3. The minimum atomic E-state index is -4.46. The minimum Gasteiger partial charge on any atom is -0.744 e. The number of carbonyl (C=O) groups is 1. The average molecular weight is 322 g/mol. The normalized spacial score (nSPS) is 10.1. The molecule has 0 N–H and O–H groups in total. The molecule has 0 aliphatic rings. The van der Waals surface area contributed by atoms with Crippen LogP contribution in [0.3, 0.4) is 0 Å². The largest absolute Gasteiger partial charge is 1.00 e. The summed E-state index contributed by atoms with van der Waals surface area (Å²) in [7, 11) is -4.46. The first-order chi connectivity index (χ1) is 8.88. The fourth-order valence-corrected chi connectivity index (χ4v) is 2.08. The minimum absolute atomic E-state index is 0. The predicted octanol–water partition coefficient (Wildman–Crippen LogP) is -5.37. The van der Waals surface area contributed by atoms with Gasteiger partial charge in [-0.1, -0.05) is 36.4 Å². The summed E-state index contributed by atoms with van der Waals surface area (Å²) in [6.07, 6.45) is 0. The summed E-state index contributed by atoms with van der Waals surface area (Å²) < 4.78 is 32.3. The van der Waals surface area contributed by atoms with Gasteiger partial charge in [-0.25, -0.2) is 8.42 Å². The van der Waals surface area contributed by atoms with Gasteiger partial charge in [0.25, 0.3) is 0 Å². The standard InChI is InChI=1S/C13H10O5S.2Na/c14-13(15)11-3-1-9(2-4-11)10-5-7-12(8-6-10)19(16,17)18;;/h1-8H,(H,14,15)(H,16,17,18);;/q;2*+1/p-2. The molecule has 0 amide bonds. The molecule has 0 bridgehead atoms. The van der Waals surface area contributed by atoms with Gasteiger partial charge in [0.2, 0.25) is 0 Å². The van der Waals surface area contributed by atoms with Gasteiger partial charge >= 0.3 is 59.1 Å². The maximum atomic E-state index is 10.8. The monoisotopic (exact) mass is 322 g/mol. The topological polar surface area (TPSA) is 97.3 Å². The molecule has 0 aliphatic carbocycles. The van der Waals surface area contributed by atoms with E-state index in [9.17, 15) is 22.9 Å². The molecule has 2 rings (SSSR count). The molecule has 0 radical (unpaired) electrons. The third kappa shape index (κ3) is 5.50. The van der Waals surface area contributed by atoms with E-state index in [0.29, 0.717) is 11.1 Å². The van der Waals surface area contributed by atoms with Crippen molar-refractivity contribution in [3.05, 3.63) is 54.1 Å². The van der Waals surface area contributed by atoms with E-state index in [4.69, 9.17) is 0 Å². The number of aromatic carboxylic acids is 1. The maximum Gasteiger partial charge on any atom is 1.00 e. The van der Waals surface area contributed by atoms with Crippen molar-refractivity contribution in [3.8, 4) is 11.1 Å². The van der Waals surface area contributed by atoms with Crippen LogP contribution in [0.15, 0.2) is 53.4 Å². The van der Waals surface area contributed by atoms with Crippen LogP contribution >= 0.6 is 0 Å². The number of hydrogen-bond donors (Lipinski definition) is 0. The second-order valence-electron chi connectivity index (χ2n) is 3.84. The Labute approximate surface area is 166 Å². The van der Waals surface area contributed by atoms with Crippen LogP contribution in [-0.4, -0.2) is 18.9 Å². The zero-order valence-electron chi connectivity index (χ0n) is 11.6. The Kier molecular flexibility index (Phi) is 8.38. The summed E-state index contributed by atoms with van der Waals surface area (Å²) in [4.78, 5) is 10.3. The average Bonchev–Trinajstić information content (AvgIpc) is 2.38. The van der Waals surface area contributed by atoms with Crippen LogP contribution in [0.4, 0.5) is 0 Å². The van der Waals surface area contributed by atoms with Crippen LogP contribution in [0.1, 0.15) is 10.4 Å². The van der Waals surface area contributed by atoms with E-state index in [1.54, 1.807) is 12.1 Å². The first kappa shape index (κ1) is 20.8. The van der Waals surface area contributed by atoms with Crippen LogP contribution in [0.2, 0.25) is 0 Å². The Morgan fingerprint density at radius 2 is 1.19 bits per heavy atom. The number of carbonyl (C=O) groups excluding carboxylic acids is 1. The van der Waals surface area contributed by atoms with E-state index in [1.165, 1.54) is 36.4 Å². The molecule has 0 unspecified atom stereocenters. The van der Waals surface area contributed by atoms with Crippen molar-refractivity contribution in [1.82, 2.24) is 0 Å². The number of hydrogen-bond acceptors (Lipinski definition) is 5. The first-order valence-corrected chi connectivity index (χ1v) is 6.66. The Balaban J connectivity index is 0.00000200. The molecule has 2 aromatic carbocycles. The fraction of sp³-hybridized carbons (Fsp3) is 0. The third-order valence-electron chi connectivity index (χ3n) is 2.60. The smallest absolute Gasteiger partial charge is 0.744 e. The van der Waals surface area contributed by atoms with Crippen molar-refractivity contribution in [3.63, 3.8) is 0 Å². The Hall–Kier alpha value is -0.180. The molecule has 0 fully saturated rings. The summed E-state index contributed by atoms with van der Waals surface area (Å²) >= 11 is 0. The Morgan fingerprint density at radius 1 is 0.810 bits per heavy atom. The zero-order chi connectivity index (χ0) is 14.0. The van der Waals surface area contributed by atoms with Crippen molar-refractivity contribution in [2.45, 2.75) is 4.90 Å². The van der Waals surface area contributed by atoms with Crippen LogP contribution in [0, 0.1) is 0 Å². The quantitative estimate of drug-likeness (QED) is 0.415. The van der Waals surface area contributed by atoms with Gasteiger partial charge in [-0.05, 0) is 28.8 Å². The second-order valence-corrected chi connectivity index (χ2v) is 5.22. The number of carboxylic acids is 1. The van der Waals surface area contributed by atoms with E-state index < -0.39 is 16.1 Å². The van der Waals surface area contributed by atoms with Gasteiger partial charge in [-0.2, -0.15) is 0 Å². The fourth-order valence-electron chi connectivity index (χ4n) is 1.61. The van der Waals surface area contributed by atoms with Gasteiger partial charge in [-0.3, -0.25) is 0 Å². The summed E-state index contributed by atoms with van der Waals surface area (Å²) in [5.41, 5.74) is 1.44. The van der Waals surface area contributed by atoms with E-state index in [0.717, 1.165) is 0 Å². The molecule has 0 spiro atoms.